The Kier molecular flexibility index (Phi) is 7.60. The lowest BCUT2D eigenvalue weighted by Crippen LogP contribution is -2.53. The molecule has 0 unspecified atom stereocenters. The third-order valence-corrected chi connectivity index (χ3v) is 6.82. The largest absolute Gasteiger partial charge is 0.489 e. The van der Waals surface area contributed by atoms with Crippen molar-refractivity contribution in [2.24, 2.45) is 5.92 Å². The van der Waals surface area contributed by atoms with Crippen LogP contribution in [0.1, 0.15) is 44.0 Å². The number of aromatic nitrogens is 2. The van der Waals surface area contributed by atoms with Gasteiger partial charge in [0.15, 0.2) is 5.60 Å². The van der Waals surface area contributed by atoms with Gasteiger partial charge in [0.25, 0.3) is 0 Å². The van der Waals surface area contributed by atoms with Gasteiger partial charge in [0.2, 0.25) is 0 Å². The number of aryl methyl sites for hydroxylation is 1. The summed E-state index contributed by atoms with van der Waals surface area (Å²) in [6, 6.07) is 12.7. The van der Waals surface area contributed by atoms with Crippen molar-refractivity contribution in [2.45, 2.75) is 44.6 Å². The first kappa shape index (κ1) is 25.0. The summed E-state index contributed by atoms with van der Waals surface area (Å²) in [5.74, 6) is 1.22. The van der Waals surface area contributed by atoms with Crippen LogP contribution in [0.15, 0.2) is 42.5 Å². The van der Waals surface area contributed by atoms with Gasteiger partial charge in [-0.1, -0.05) is 32.0 Å². The van der Waals surface area contributed by atoms with E-state index in [1.165, 1.54) is 12.1 Å². The Morgan fingerprint density at radius 3 is 2.86 bits per heavy atom. The fourth-order valence-corrected chi connectivity index (χ4v) is 5.17. The molecule has 2 heterocycles. The highest BCUT2D eigenvalue weighted by atomic mass is 19.1. The van der Waals surface area contributed by atoms with Crippen LogP contribution in [0, 0.1) is 11.7 Å². The number of para-hydroxylation sites is 2. The van der Waals surface area contributed by atoms with Crippen molar-refractivity contribution in [1.82, 2.24) is 20.2 Å². The van der Waals surface area contributed by atoms with Gasteiger partial charge in [-0.15, -0.1) is 0 Å². The van der Waals surface area contributed by atoms with Crippen LogP contribution in [0.3, 0.4) is 0 Å². The van der Waals surface area contributed by atoms with E-state index in [4.69, 9.17) is 9.47 Å². The van der Waals surface area contributed by atoms with Gasteiger partial charge in [0.05, 0.1) is 11.0 Å². The second-order valence-electron chi connectivity index (χ2n) is 9.75. The molecule has 0 spiro atoms. The van der Waals surface area contributed by atoms with Crippen molar-refractivity contribution in [3.8, 4) is 5.75 Å². The van der Waals surface area contributed by atoms with E-state index in [0.717, 1.165) is 48.4 Å². The van der Waals surface area contributed by atoms with E-state index in [0.29, 0.717) is 12.2 Å². The summed E-state index contributed by atoms with van der Waals surface area (Å²) in [6.45, 7) is 5.99. The molecule has 0 fully saturated rings. The first-order chi connectivity index (χ1) is 16.8. The summed E-state index contributed by atoms with van der Waals surface area (Å²) < 4.78 is 25.9. The Morgan fingerprint density at radius 2 is 2.11 bits per heavy atom. The average molecular weight is 483 g/mol. The first-order valence-corrected chi connectivity index (χ1v) is 12.3. The number of fused-ring (bicyclic) bond motifs is 2. The number of ether oxygens (including phenoxy) is 2. The maximum absolute atomic E-state index is 13.8. The number of aromatic amines is 1. The Hall–Kier alpha value is -3.13. The van der Waals surface area contributed by atoms with Crippen molar-refractivity contribution in [3.63, 3.8) is 0 Å². The van der Waals surface area contributed by atoms with Crippen LogP contribution in [0.5, 0.6) is 5.75 Å². The molecule has 0 bridgehead atoms. The van der Waals surface area contributed by atoms with E-state index in [9.17, 15) is 9.18 Å². The molecule has 0 saturated carbocycles. The Labute approximate surface area is 206 Å². The van der Waals surface area contributed by atoms with Crippen molar-refractivity contribution < 1.29 is 18.7 Å². The molecular formula is C27H35FN4O3. The lowest BCUT2D eigenvalue weighted by atomic mass is 9.72. The van der Waals surface area contributed by atoms with E-state index in [-0.39, 0.29) is 24.3 Å². The van der Waals surface area contributed by atoms with Crippen LogP contribution in [0.2, 0.25) is 0 Å². The summed E-state index contributed by atoms with van der Waals surface area (Å²) >= 11 is 0. The topological polar surface area (TPSA) is 79.5 Å². The van der Waals surface area contributed by atoms with E-state index < -0.39 is 11.7 Å². The third kappa shape index (κ3) is 5.59. The molecule has 0 aliphatic carbocycles. The SMILES string of the molecule is CNC(=O)O[C@]1(CCN(C)CCCc2nc3ccccc3[nH]2)COc2cc(F)ccc2[C@@H]1C(C)C. The number of carbonyl (C=O) groups is 1. The molecule has 1 aliphatic rings. The molecule has 0 saturated heterocycles. The Balaban J connectivity index is 1.43. The van der Waals surface area contributed by atoms with Crippen LogP contribution in [0.4, 0.5) is 9.18 Å². The van der Waals surface area contributed by atoms with Crippen LogP contribution >= 0.6 is 0 Å². The summed E-state index contributed by atoms with van der Waals surface area (Å²) in [6.07, 6.45) is 1.92. The second kappa shape index (κ2) is 10.6. The van der Waals surface area contributed by atoms with Gasteiger partial charge in [-0.3, -0.25) is 0 Å². The van der Waals surface area contributed by atoms with Crippen LogP contribution in [-0.2, 0) is 11.2 Å². The number of rotatable bonds is 9. The molecule has 7 nitrogen and oxygen atoms in total. The number of amides is 1. The summed E-state index contributed by atoms with van der Waals surface area (Å²) in [7, 11) is 3.63. The smallest absolute Gasteiger partial charge is 0.407 e. The molecule has 4 rings (SSSR count). The van der Waals surface area contributed by atoms with E-state index >= 15 is 0 Å². The maximum Gasteiger partial charge on any atom is 0.407 e. The van der Waals surface area contributed by atoms with Gasteiger partial charge >= 0.3 is 6.09 Å². The number of H-pyrrole nitrogens is 1. The summed E-state index contributed by atoms with van der Waals surface area (Å²) in [4.78, 5) is 22.7. The fraction of sp³-hybridized carbons (Fsp3) is 0.481. The highest BCUT2D eigenvalue weighted by Crippen LogP contribution is 2.47. The van der Waals surface area contributed by atoms with Crippen molar-refractivity contribution in [2.75, 3.05) is 33.8 Å². The number of nitrogens with zero attached hydrogens (tertiary/aromatic N) is 2. The minimum absolute atomic E-state index is 0.118. The molecule has 1 aromatic heterocycles. The van der Waals surface area contributed by atoms with Gasteiger partial charge in [-0.2, -0.15) is 0 Å². The number of halogens is 1. The molecule has 1 amide bonds. The molecule has 188 valence electrons. The third-order valence-electron chi connectivity index (χ3n) is 6.82. The number of carbonyl (C=O) groups excluding carboxylic acids is 1. The van der Waals surface area contributed by atoms with E-state index in [1.54, 1.807) is 13.1 Å². The van der Waals surface area contributed by atoms with Crippen LogP contribution in [-0.4, -0.2) is 60.4 Å². The molecule has 3 aromatic rings. The van der Waals surface area contributed by atoms with Crippen molar-refractivity contribution in [1.29, 1.82) is 0 Å². The lowest BCUT2D eigenvalue weighted by molar-refractivity contribution is -0.0724. The second-order valence-corrected chi connectivity index (χ2v) is 9.75. The molecular weight excluding hydrogens is 447 g/mol. The minimum Gasteiger partial charge on any atom is -0.489 e. The molecule has 2 atom stereocenters. The standard InChI is InChI=1S/C27H35FN4O3/c1-18(2)25-20-12-11-19(28)16-23(20)34-17-27(25,35-26(33)29-3)13-15-32(4)14-7-10-24-30-21-8-5-6-9-22(21)31-24/h5-6,8-9,11-12,16,18,25H,7,10,13-15,17H2,1-4H3,(H,29,33)(H,30,31)/t25-,27+/m0/s1. The van der Waals surface area contributed by atoms with Crippen LogP contribution in [0.25, 0.3) is 11.0 Å². The van der Waals surface area contributed by atoms with Gasteiger partial charge < -0.3 is 24.7 Å². The number of alkyl carbamates (subject to hydrolysis) is 1. The molecule has 2 N–H and O–H groups in total. The zero-order valence-electron chi connectivity index (χ0n) is 20.9. The molecule has 1 aliphatic heterocycles. The fourth-order valence-electron chi connectivity index (χ4n) is 5.17. The molecule has 8 heteroatoms. The molecule has 0 radical (unpaired) electrons. The maximum atomic E-state index is 13.8. The average Bonchev–Trinajstić information content (AvgIpc) is 3.25. The molecule has 35 heavy (non-hydrogen) atoms. The number of nitrogens with one attached hydrogen (secondary N) is 2. The quantitative estimate of drug-likeness (QED) is 0.454. The van der Waals surface area contributed by atoms with Gasteiger partial charge in [-0.05, 0) is 44.1 Å². The normalized spacial score (nSPS) is 19.6. The van der Waals surface area contributed by atoms with E-state index in [1.807, 2.05) is 24.3 Å². The first-order valence-electron chi connectivity index (χ1n) is 12.3. The van der Waals surface area contributed by atoms with E-state index in [2.05, 4.69) is 41.1 Å². The monoisotopic (exact) mass is 482 g/mol. The summed E-state index contributed by atoms with van der Waals surface area (Å²) in [5, 5.41) is 2.58. The zero-order valence-corrected chi connectivity index (χ0v) is 20.9. The predicted octanol–water partition coefficient (Wildman–Crippen LogP) is 4.88. The lowest BCUT2D eigenvalue weighted by Gasteiger charge is -2.46. The van der Waals surface area contributed by atoms with Crippen LogP contribution < -0.4 is 10.1 Å². The van der Waals surface area contributed by atoms with Gasteiger partial charge in [-0.25, -0.2) is 14.2 Å². The number of imidazole rings is 1. The Bertz CT molecular complexity index is 1130. The van der Waals surface area contributed by atoms with Crippen molar-refractivity contribution in [3.05, 3.63) is 59.7 Å². The Morgan fingerprint density at radius 1 is 1.31 bits per heavy atom. The zero-order chi connectivity index (χ0) is 25.0. The van der Waals surface area contributed by atoms with Gasteiger partial charge in [0, 0.05) is 44.0 Å². The van der Waals surface area contributed by atoms with Gasteiger partial charge in [0.1, 0.15) is 24.0 Å². The number of hydrogen-bond acceptors (Lipinski definition) is 5. The van der Waals surface area contributed by atoms with Crippen molar-refractivity contribution >= 4 is 17.1 Å². The highest BCUT2D eigenvalue weighted by Gasteiger charge is 2.49. The predicted molar refractivity (Wildman–Crippen MR) is 134 cm³/mol. The minimum atomic E-state index is -0.855. The number of benzene rings is 2. The number of hydrogen-bond donors (Lipinski definition) is 2. The molecule has 2 aromatic carbocycles. The summed E-state index contributed by atoms with van der Waals surface area (Å²) in [5.41, 5.74) is 2.07. The highest BCUT2D eigenvalue weighted by molar-refractivity contribution is 5.74.